The van der Waals surface area contributed by atoms with Crippen LogP contribution in [-0.2, 0) is 29.0 Å². The van der Waals surface area contributed by atoms with Gasteiger partial charge < -0.3 is 21.5 Å². The normalized spacial score (nSPS) is 11.6. The summed E-state index contributed by atoms with van der Waals surface area (Å²) in [7, 11) is 0. The molecule has 7 nitrogen and oxygen atoms in total. The number of carbonyl (C=O) groups is 2. The number of phenols is 1. The van der Waals surface area contributed by atoms with E-state index in [0.717, 1.165) is 12.1 Å². The Morgan fingerprint density at radius 3 is 2.47 bits per heavy atom. The molecule has 32 heavy (non-hydrogen) atoms. The van der Waals surface area contributed by atoms with Crippen LogP contribution in [0.5, 0.6) is 5.75 Å². The Morgan fingerprint density at radius 2 is 1.78 bits per heavy atom. The van der Waals surface area contributed by atoms with Gasteiger partial charge in [-0.15, -0.1) is 0 Å². The number of halogens is 2. The van der Waals surface area contributed by atoms with Crippen molar-refractivity contribution in [1.82, 2.24) is 15.6 Å². The van der Waals surface area contributed by atoms with Crippen molar-refractivity contribution in [2.45, 2.75) is 25.4 Å². The second-order valence-electron chi connectivity index (χ2n) is 7.23. The van der Waals surface area contributed by atoms with Crippen molar-refractivity contribution in [3.8, 4) is 5.75 Å². The van der Waals surface area contributed by atoms with Gasteiger partial charge in [0.2, 0.25) is 11.8 Å². The Balaban J connectivity index is 1.71. The molecule has 3 aromatic rings. The molecule has 0 spiro atoms. The van der Waals surface area contributed by atoms with Gasteiger partial charge in [0.05, 0.1) is 6.42 Å². The van der Waals surface area contributed by atoms with Crippen molar-refractivity contribution in [2.75, 3.05) is 5.73 Å². The van der Waals surface area contributed by atoms with E-state index in [2.05, 4.69) is 15.6 Å². The minimum absolute atomic E-state index is 0.0171. The average Bonchev–Trinajstić information content (AvgIpc) is 2.75. The number of hydrogen-bond donors (Lipinski definition) is 4. The summed E-state index contributed by atoms with van der Waals surface area (Å²) in [6.45, 7) is 0.142. The van der Waals surface area contributed by atoms with Gasteiger partial charge in [0.25, 0.3) is 0 Å². The van der Waals surface area contributed by atoms with Crippen molar-refractivity contribution in [1.29, 1.82) is 0 Å². The van der Waals surface area contributed by atoms with E-state index in [1.165, 1.54) is 24.4 Å². The zero-order valence-corrected chi connectivity index (χ0v) is 17.0. The Morgan fingerprint density at radius 1 is 1.00 bits per heavy atom. The predicted octanol–water partition coefficient (Wildman–Crippen LogP) is 2.23. The van der Waals surface area contributed by atoms with Crippen LogP contribution in [0.25, 0.3) is 0 Å². The highest BCUT2D eigenvalue weighted by atomic mass is 19.2. The number of anilines is 1. The Labute approximate surface area is 183 Å². The minimum Gasteiger partial charge on any atom is -0.508 e. The second kappa shape index (κ2) is 10.3. The Bertz CT molecular complexity index is 1110. The molecular formula is C23H22F2N4O3. The fourth-order valence-electron chi connectivity index (χ4n) is 3.06. The predicted molar refractivity (Wildman–Crippen MR) is 114 cm³/mol. The van der Waals surface area contributed by atoms with E-state index < -0.39 is 29.5 Å². The van der Waals surface area contributed by atoms with Crippen LogP contribution in [0.1, 0.15) is 16.7 Å². The van der Waals surface area contributed by atoms with Crippen LogP contribution in [0.2, 0.25) is 0 Å². The number of phenolic OH excluding ortho intramolecular Hbond substituents is 1. The molecule has 0 aliphatic heterocycles. The molecule has 9 heteroatoms. The minimum atomic E-state index is -1.04. The van der Waals surface area contributed by atoms with E-state index in [-0.39, 0.29) is 25.1 Å². The molecule has 0 bridgehead atoms. The molecule has 0 unspecified atom stereocenters. The molecule has 2 aromatic carbocycles. The summed E-state index contributed by atoms with van der Waals surface area (Å²) >= 11 is 0. The standard InChI is InChI=1S/C23H22F2N4O3/c24-18-6-4-15(9-19(18)25)10-20(23(32)28-13-16-5-7-21(26)27-12-16)29-22(31)11-14-2-1-3-17(30)8-14/h1-9,12,20,30H,10-11,13H2,(H2,26,27)(H,28,32)(H,29,31)/t20-/m0/s1. The summed E-state index contributed by atoms with van der Waals surface area (Å²) in [5, 5.41) is 14.9. The number of nitrogens with two attached hydrogens (primary N) is 1. The van der Waals surface area contributed by atoms with Crippen molar-refractivity contribution >= 4 is 17.6 Å². The second-order valence-corrected chi connectivity index (χ2v) is 7.23. The number of hydrogen-bond acceptors (Lipinski definition) is 5. The van der Waals surface area contributed by atoms with Crippen molar-refractivity contribution in [3.05, 3.63) is 89.1 Å². The van der Waals surface area contributed by atoms with Crippen LogP contribution in [0, 0.1) is 11.6 Å². The number of aromatic nitrogens is 1. The third-order valence-corrected chi connectivity index (χ3v) is 4.67. The zero-order chi connectivity index (χ0) is 23.1. The highest BCUT2D eigenvalue weighted by Gasteiger charge is 2.22. The fraction of sp³-hybridized carbons (Fsp3) is 0.174. The van der Waals surface area contributed by atoms with Gasteiger partial charge in [-0.3, -0.25) is 9.59 Å². The maximum absolute atomic E-state index is 13.6. The topological polar surface area (TPSA) is 117 Å². The van der Waals surface area contributed by atoms with E-state index in [4.69, 9.17) is 5.73 Å². The molecule has 2 amide bonds. The molecule has 1 heterocycles. The van der Waals surface area contributed by atoms with E-state index in [1.807, 2.05) is 0 Å². The van der Waals surface area contributed by atoms with E-state index >= 15 is 0 Å². The Hall–Kier alpha value is -4.01. The summed E-state index contributed by atoms with van der Waals surface area (Å²) in [6, 6.07) is 11.8. The highest BCUT2D eigenvalue weighted by Crippen LogP contribution is 2.13. The van der Waals surface area contributed by atoms with E-state index in [9.17, 15) is 23.5 Å². The van der Waals surface area contributed by atoms with E-state index in [1.54, 1.807) is 24.3 Å². The largest absolute Gasteiger partial charge is 0.508 e. The molecule has 3 rings (SSSR count). The third-order valence-electron chi connectivity index (χ3n) is 4.67. The van der Waals surface area contributed by atoms with Crippen LogP contribution in [0.4, 0.5) is 14.6 Å². The van der Waals surface area contributed by atoms with Crippen molar-refractivity contribution in [2.24, 2.45) is 0 Å². The molecule has 0 aliphatic rings. The first-order chi connectivity index (χ1) is 15.3. The molecule has 0 saturated heterocycles. The first kappa shape index (κ1) is 22.7. The van der Waals surface area contributed by atoms with Gasteiger partial charge in [0.15, 0.2) is 11.6 Å². The van der Waals surface area contributed by atoms with Gasteiger partial charge in [0.1, 0.15) is 17.6 Å². The summed E-state index contributed by atoms with van der Waals surface area (Å²) in [5.74, 6) is -2.65. The van der Waals surface area contributed by atoms with Gasteiger partial charge in [-0.05, 0) is 47.0 Å². The number of nitrogens with one attached hydrogen (secondary N) is 2. The van der Waals surface area contributed by atoms with Gasteiger partial charge >= 0.3 is 0 Å². The lowest BCUT2D eigenvalue weighted by Crippen LogP contribution is -2.48. The van der Waals surface area contributed by atoms with Crippen molar-refractivity contribution < 1.29 is 23.5 Å². The summed E-state index contributed by atoms with van der Waals surface area (Å²) in [5.41, 5.74) is 7.15. The lowest BCUT2D eigenvalue weighted by molar-refractivity contribution is -0.128. The number of amides is 2. The molecule has 166 valence electrons. The summed E-state index contributed by atoms with van der Waals surface area (Å²) in [6.07, 6.45) is 1.40. The number of nitrogens with zero attached hydrogens (tertiary/aromatic N) is 1. The number of pyridine rings is 1. The SMILES string of the molecule is Nc1ccc(CNC(=O)[C@H](Cc2ccc(F)c(F)c2)NC(=O)Cc2cccc(O)c2)cn1. The van der Waals surface area contributed by atoms with Crippen LogP contribution in [0.3, 0.4) is 0 Å². The number of carbonyl (C=O) groups excluding carboxylic acids is 2. The number of rotatable bonds is 8. The third kappa shape index (κ3) is 6.49. The molecule has 5 N–H and O–H groups in total. The molecule has 0 radical (unpaired) electrons. The maximum Gasteiger partial charge on any atom is 0.243 e. The number of benzene rings is 2. The van der Waals surface area contributed by atoms with Gasteiger partial charge in [-0.25, -0.2) is 13.8 Å². The molecule has 0 saturated carbocycles. The number of nitrogen functional groups attached to an aromatic ring is 1. The quantitative estimate of drug-likeness (QED) is 0.429. The van der Waals surface area contributed by atoms with Gasteiger partial charge in [-0.2, -0.15) is 0 Å². The zero-order valence-electron chi connectivity index (χ0n) is 17.0. The first-order valence-electron chi connectivity index (χ1n) is 9.79. The molecule has 1 aromatic heterocycles. The fourth-order valence-corrected chi connectivity index (χ4v) is 3.06. The summed E-state index contributed by atoms with van der Waals surface area (Å²) in [4.78, 5) is 29.3. The van der Waals surface area contributed by atoms with Gasteiger partial charge in [-0.1, -0.05) is 24.3 Å². The molecule has 1 atom stereocenters. The molecular weight excluding hydrogens is 418 g/mol. The first-order valence-corrected chi connectivity index (χ1v) is 9.79. The van der Waals surface area contributed by atoms with Crippen LogP contribution in [-0.4, -0.2) is 27.9 Å². The summed E-state index contributed by atoms with van der Waals surface area (Å²) < 4.78 is 26.9. The van der Waals surface area contributed by atoms with Crippen LogP contribution in [0.15, 0.2) is 60.8 Å². The molecule has 0 fully saturated rings. The Kier molecular flexibility index (Phi) is 7.33. The smallest absolute Gasteiger partial charge is 0.243 e. The lowest BCUT2D eigenvalue weighted by atomic mass is 10.0. The van der Waals surface area contributed by atoms with Crippen LogP contribution >= 0.6 is 0 Å². The monoisotopic (exact) mass is 440 g/mol. The average molecular weight is 440 g/mol. The highest BCUT2D eigenvalue weighted by molar-refractivity contribution is 5.88. The maximum atomic E-state index is 13.6. The van der Waals surface area contributed by atoms with Crippen molar-refractivity contribution in [3.63, 3.8) is 0 Å². The molecule has 0 aliphatic carbocycles. The van der Waals surface area contributed by atoms with Gasteiger partial charge in [0, 0.05) is 19.2 Å². The van der Waals surface area contributed by atoms with Crippen LogP contribution < -0.4 is 16.4 Å². The van der Waals surface area contributed by atoms with E-state index in [0.29, 0.717) is 22.5 Å². The lowest BCUT2D eigenvalue weighted by Gasteiger charge is -2.19. The number of aromatic hydroxyl groups is 1.